The summed E-state index contributed by atoms with van der Waals surface area (Å²) in [5, 5.41) is 3.02. The zero-order chi connectivity index (χ0) is 14.3. The molecule has 7 heteroatoms. The van der Waals surface area contributed by atoms with Gasteiger partial charge in [0.25, 0.3) is 0 Å². The number of alkyl halides is 2. The second kappa shape index (κ2) is 4.36. The number of benzene rings is 1. The minimum atomic E-state index is -3.60. The van der Waals surface area contributed by atoms with Gasteiger partial charge in [0, 0.05) is 11.8 Å². The van der Waals surface area contributed by atoms with Crippen LogP contribution >= 0.6 is 0 Å². The van der Waals surface area contributed by atoms with Crippen LogP contribution in [0.4, 0.5) is 14.5 Å². The topological polar surface area (TPSA) is 56.5 Å². The van der Waals surface area contributed by atoms with Crippen LogP contribution in [0.15, 0.2) is 22.6 Å². The first-order valence-corrected chi connectivity index (χ1v) is 6.00. The zero-order valence-corrected chi connectivity index (χ0v) is 10.9. The van der Waals surface area contributed by atoms with E-state index in [1.165, 1.54) is 12.1 Å². The molecule has 0 bridgehead atoms. The van der Waals surface area contributed by atoms with E-state index in [0.29, 0.717) is 18.1 Å². The minimum Gasteiger partial charge on any atom is -0.444 e. The van der Waals surface area contributed by atoms with Crippen molar-refractivity contribution in [2.45, 2.75) is 26.7 Å². The van der Waals surface area contributed by atoms with Crippen molar-refractivity contribution in [2.24, 2.45) is 0 Å². The van der Waals surface area contributed by atoms with Gasteiger partial charge in [-0.25, -0.2) is 4.98 Å². The molecule has 2 heterocycles. The van der Waals surface area contributed by atoms with Crippen LogP contribution in [0.5, 0.6) is 11.5 Å². The Hall–Kier alpha value is -2.31. The van der Waals surface area contributed by atoms with E-state index in [1.54, 1.807) is 6.07 Å². The summed E-state index contributed by atoms with van der Waals surface area (Å²) in [6, 6.07) is 4.48. The van der Waals surface area contributed by atoms with Crippen molar-refractivity contribution in [3.05, 3.63) is 35.5 Å². The molecule has 5 nitrogen and oxygen atoms in total. The molecule has 1 N–H and O–H groups in total. The molecule has 1 aliphatic heterocycles. The van der Waals surface area contributed by atoms with E-state index in [9.17, 15) is 8.78 Å². The third-order valence-electron chi connectivity index (χ3n) is 2.92. The lowest BCUT2D eigenvalue weighted by molar-refractivity contribution is -0.286. The van der Waals surface area contributed by atoms with Gasteiger partial charge in [0.15, 0.2) is 11.5 Å². The van der Waals surface area contributed by atoms with Crippen molar-refractivity contribution in [3.8, 4) is 11.5 Å². The van der Waals surface area contributed by atoms with Crippen molar-refractivity contribution >= 4 is 5.69 Å². The average molecular weight is 282 g/mol. The molecular weight excluding hydrogens is 270 g/mol. The molecule has 1 aliphatic rings. The van der Waals surface area contributed by atoms with Gasteiger partial charge in [0.05, 0.1) is 12.2 Å². The zero-order valence-electron chi connectivity index (χ0n) is 10.9. The van der Waals surface area contributed by atoms with E-state index in [2.05, 4.69) is 19.8 Å². The van der Waals surface area contributed by atoms with Crippen LogP contribution in [0, 0.1) is 13.8 Å². The molecule has 106 valence electrons. The number of oxazole rings is 1. The van der Waals surface area contributed by atoms with Gasteiger partial charge in [-0.15, -0.1) is 8.78 Å². The van der Waals surface area contributed by atoms with Gasteiger partial charge in [-0.3, -0.25) is 0 Å². The first-order valence-electron chi connectivity index (χ1n) is 6.00. The summed E-state index contributed by atoms with van der Waals surface area (Å²) >= 11 is 0. The van der Waals surface area contributed by atoms with E-state index in [4.69, 9.17) is 4.42 Å². The number of rotatable bonds is 3. The van der Waals surface area contributed by atoms with E-state index in [1.807, 2.05) is 13.8 Å². The van der Waals surface area contributed by atoms with Gasteiger partial charge in [0.1, 0.15) is 5.76 Å². The Kier molecular flexibility index (Phi) is 2.77. The molecular formula is C13H12F2N2O3. The summed E-state index contributed by atoms with van der Waals surface area (Å²) < 4.78 is 39.9. The predicted molar refractivity (Wildman–Crippen MR) is 65.9 cm³/mol. The van der Waals surface area contributed by atoms with Gasteiger partial charge < -0.3 is 19.2 Å². The number of fused-ring (bicyclic) bond motifs is 1. The number of nitrogens with zero attached hydrogens (tertiary/aromatic N) is 1. The van der Waals surface area contributed by atoms with Gasteiger partial charge in [-0.05, 0) is 26.0 Å². The van der Waals surface area contributed by atoms with Gasteiger partial charge in [-0.2, -0.15) is 0 Å². The lowest BCUT2D eigenvalue weighted by atomic mass is 10.3. The number of ether oxygens (including phenoxy) is 2. The number of hydrogen-bond acceptors (Lipinski definition) is 5. The van der Waals surface area contributed by atoms with Crippen molar-refractivity contribution < 1.29 is 22.7 Å². The SMILES string of the molecule is Cc1nc(CNc2ccc3c(c2)OC(F)(F)O3)oc1C. The number of aromatic nitrogens is 1. The summed E-state index contributed by atoms with van der Waals surface area (Å²) in [6.45, 7) is 4.03. The number of halogens is 2. The normalized spacial score (nSPS) is 15.4. The maximum absolute atomic E-state index is 12.9. The van der Waals surface area contributed by atoms with E-state index >= 15 is 0 Å². The molecule has 0 fully saturated rings. The maximum atomic E-state index is 12.9. The summed E-state index contributed by atoms with van der Waals surface area (Å²) in [7, 11) is 0. The highest BCUT2D eigenvalue weighted by Gasteiger charge is 2.43. The third-order valence-corrected chi connectivity index (χ3v) is 2.92. The Bertz CT molecular complexity index is 636. The Morgan fingerprint density at radius 3 is 2.65 bits per heavy atom. The molecule has 0 amide bonds. The monoisotopic (exact) mass is 282 g/mol. The van der Waals surface area contributed by atoms with Crippen molar-refractivity contribution in [1.29, 1.82) is 0 Å². The van der Waals surface area contributed by atoms with Crippen molar-refractivity contribution in [3.63, 3.8) is 0 Å². The number of nitrogens with one attached hydrogen (secondary N) is 1. The van der Waals surface area contributed by atoms with Gasteiger partial charge in [-0.1, -0.05) is 0 Å². The van der Waals surface area contributed by atoms with Crippen LogP contribution in [0.3, 0.4) is 0 Å². The largest absolute Gasteiger partial charge is 0.586 e. The molecule has 1 aromatic heterocycles. The second-order valence-electron chi connectivity index (χ2n) is 4.43. The predicted octanol–water partition coefficient (Wildman–Crippen LogP) is 3.23. The highest BCUT2D eigenvalue weighted by Crippen LogP contribution is 2.42. The summed E-state index contributed by atoms with van der Waals surface area (Å²) in [5.41, 5.74) is 1.44. The van der Waals surface area contributed by atoms with Gasteiger partial charge in [0.2, 0.25) is 5.89 Å². The molecule has 0 atom stereocenters. The van der Waals surface area contributed by atoms with Crippen LogP contribution in [-0.4, -0.2) is 11.3 Å². The highest BCUT2D eigenvalue weighted by molar-refractivity contribution is 5.55. The van der Waals surface area contributed by atoms with Crippen LogP contribution < -0.4 is 14.8 Å². The molecule has 0 radical (unpaired) electrons. The third kappa shape index (κ3) is 2.38. The molecule has 0 saturated heterocycles. The fourth-order valence-corrected chi connectivity index (χ4v) is 1.85. The summed E-state index contributed by atoms with van der Waals surface area (Å²) in [5.74, 6) is 1.30. The fourth-order valence-electron chi connectivity index (χ4n) is 1.85. The van der Waals surface area contributed by atoms with Crippen LogP contribution in [0.25, 0.3) is 0 Å². The Balaban J connectivity index is 1.70. The highest BCUT2D eigenvalue weighted by atomic mass is 19.3. The van der Waals surface area contributed by atoms with Crippen LogP contribution in [-0.2, 0) is 6.54 Å². The Labute approximate surface area is 113 Å². The Morgan fingerprint density at radius 1 is 1.20 bits per heavy atom. The number of aryl methyl sites for hydroxylation is 2. The minimum absolute atomic E-state index is 0.000217. The summed E-state index contributed by atoms with van der Waals surface area (Å²) in [6.07, 6.45) is -3.60. The number of hydrogen-bond donors (Lipinski definition) is 1. The molecule has 0 saturated carbocycles. The van der Waals surface area contributed by atoms with Crippen molar-refractivity contribution in [1.82, 2.24) is 4.98 Å². The molecule has 20 heavy (non-hydrogen) atoms. The first kappa shape index (κ1) is 12.7. The molecule has 3 rings (SSSR count). The first-order chi connectivity index (χ1) is 9.43. The Morgan fingerprint density at radius 2 is 1.95 bits per heavy atom. The molecule has 0 aliphatic carbocycles. The standard InChI is InChI=1S/C13H12F2N2O3/c1-7-8(2)18-12(17-7)6-16-9-3-4-10-11(5-9)20-13(14,15)19-10/h3-5,16H,6H2,1-2H3. The number of anilines is 1. The molecule has 0 spiro atoms. The maximum Gasteiger partial charge on any atom is 0.586 e. The van der Waals surface area contributed by atoms with Crippen LogP contribution in [0.1, 0.15) is 17.3 Å². The van der Waals surface area contributed by atoms with Gasteiger partial charge >= 0.3 is 6.29 Å². The van der Waals surface area contributed by atoms with E-state index in [0.717, 1.165) is 11.5 Å². The quantitative estimate of drug-likeness (QED) is 0.936. The molecule has 0 unspecified atom stereocenters. The van der Waals surface area contributed by atoms with E-state index < -0.39 is 6.29 Å². The smallest absolute Gasteiger partial charge is 0.444 e. The van der Waals surface area contributed by atoms with Crippen molar-refractivity contribution in [2.75, 3.05) is 5.32 Å². The molecule has 1 aromatic carbocycles. The molecule has 2 aromatic rings. The lowest BCUT2D eigenvalue weighted by Crippen LogP contribution is -2.25. The summed E-state index contributed by atoms with van der Waals surface area (Å²) in [4.78, 5) is 4.22. The fraction of sp³-hybridized carbons (Fsp3) is 0.308. The van der Waals surface area contributed by atoms with Crippen LogP contribution in [0.2, 0.25) is 0 Å². The van der Waals surface area contributed by atoms with E-state index in [-0.39, 0.29) is 11.5 Å². The second-order valence-corrected chi connectivity index (χ2v) is 4.43. The average Bonchev–Trinajstić information content (AvgIpc) is 2.84. The lowest BCUT2D eigenvalue weighted by Gasteiger charge is -2.05.